The maximum absolute atomic E-state index is 5.48. The van der Waals surface area contributed by atoms with Gasteiger partial charge in [0.2, 0.25) is 0 Å². The Hall–Kier alpha value is -1.24. The van der Waals surface area contributed by atoms with Crippen molar-refractivity contribution >= 4 is 27.4 Å². The number of hydrazine groups is 1. The molecule has 0 amide bonds. The quantitative estimate of drug-likeness (QED) is 0.627. The van der Waals surface area contributed by atoms with Crippen molar-refractivity contribution in [2.75, 3.05) is 19.0 Å². The highest BCUT2D eigenvalue weighted by Gasteiger charge is 2.09. The maximum Gasteiger partial charge on any atom is 0.152 e. The van der Waals surface area contributed by atoms with E-state index in [4.69, 9.17) is 5.84 Å². The fourth-order valence-corrected chi connectivity index (χ4v) is 2.57. The molecular formula is C11H17N5S. The van der Waals surface area contributed by atoms with Gasteiger partial charge >= 0.3 is 0 Å². The molecule has 5 nitrogen and oxygen atoms in total. The minimum Gasteiger partial charge on any atom is -0.308 e. The lowest BCUT2D eigenvalue weighted by Crippen LogP contribution is -2.20. The summed E-state index contributed by atoms with van der Waals surface area (Å²) in [7, 11) is 2.07. The number of nitrogens with one attached hydrogen (secondary N) is 1. The molecule has 0 bridgehead atoms. The molecule has 0 atom stereocenters. The number of fused-ring (bicyclic) bond motifs is 1. The van der Waals surface area contributed by atoms with Gasteiger partial charge in [0.1, 0.15) is 10.7 Å². The Morgan fingerprint density at radius 1 is 1.47 bits per heavy atom. The number of aromatic nitrogens is 2. The Bertz CT molecular complexity index is 496. The minimum absolute atomic E-state index is 0.705. The maximum atomic E-state index is 5.48. The predicted octanol–water partition coefficient (Wildman–Crippen LogP) is 1.82. The zero-order valence-electron chi connectivity index (χ0n) is 10.1. The molecule has 0 aromatic carbocycles. The highest BCUT2D eigenvalue weighted by Crippen LogP contribution is 2.24. The number of thiophene rings is 1. The lowest BCUT2D eigenvalue weighted by Gasteiger charge is -2.14. The standard InChI is InChI=1S/C11H17N5S/c1-3-5-16(2)7-9-13-10(15-12)8-4-6-17-11(8)14-9/h4,6H,3,5,7,12H2,1-2H3,(H,13,14,15). The topological polar surface area (TPSA) is 67.1 Å². The molecule has 0 unspecified atom stereocenters. The van der Waals surface area contributed by atoms with Gasteiger partial charge in [-0.3, -0.25) is 4.90 Å². The molecule has 2 aromatic heterocycles. The molecule has 0 saturated heterocycles. The van der Waals surface area contributed by atoms with Gasteiger partial charge in [-0.05, 0) is 31.5 Å². The molecule has 0 aliphatic rings. The number of hydrogen-bond donors (Lipinski definition) is 2. The van der Waals surface area contributed by atoms with E-state index in [1.807, 2.05) is 11.4 Å². The Balaban J connectivity index is 2.28. The number of hydrogen-bond acceptors (Lipinski definition) is 6. The van der Waals surface area contributed by atoms with Gasteiger partial charge < -0.3 is 5.43 Å². The van der Waals surface area contributed by atoms with Crippen LogP contribution in [0, 0.1) is 0 Å². The van der Waals surface area contributed by atoms with Crippen LogP contribution in [0.1, 0.15) is 19.2 Å². The van der Waals surface area contributed by atoms with Crippen LogP contribution < -0.4 is 11.3 Å². The molecule has 0 aliphatic carbocycles. The summed E-state index contributed by atoms with van der Waals surface area (Å²) >= 11 is 1.61. The van der Waals surface area contributed by atoms with Gasteiger partial charge in [0.05, 0.1) is 11.9 Å². The molecular weight excluding hydrogens is 234 g/mol. The van der Waals surface area contributed by atoms with Crippen LogP contribution in [-0.4, -0.2) is 28.5 Å². The molecule has 3 N–H and O–H groups in total. The summed E-state index contributed by atoms with van der Waals surface area (Å²) in [6, 6.07) is 1.98. The van der Waals surface area contributed by atoms with Gasteiger partial charge in [0, 0.05) is 0 Å². The summed E-state index contributed by atoms with van der Waals surface area (Å²) in [5.41, 5.74) is 2.64. The Morgan fingerprint density at radius 2 is 2.29 bits per heavy atom. The second-order valence-electron chi connectivity index (χ2n) is 4.01. The van der Waals surface area contributed by atoms with Crippen molar-refractivity contribution in [3.8, 4) is 0 Å². The van der Waals surface area contributed by atoms with Gasteiger partial charge in [-0.15, -0.1) is 11.3 Å². The molecule has 0 saturated carbocycles. The van der Waals surface area contributed by atoms with E-state index in [2.05, 4.69) is 34.3 Å². The molecule has 17 heavy (non-hydrogen) atoms. The molecule has 2 heterocycles. The van der Waals surface area contributed by atoms with Gasteiger partial charge in [-0.25, -0.2) is 15.8 Å². The molecule has 92 valence electrons. The van der Waals surface area contributed by atoms with Gasteiger partial charge in [0.25, 0.3) is 0 Å². The van der Waals surface area contributed by atoms with E-state index < -0.39 is 0 Å². The summed E-state index contributed by atoms with van der Waals surface area (Å²) in [5, 5.41) is 2.99. The second kappa shape index (κ2) is 5.39. The third kappa shape index (κ3) is 2.71. The molecule has 0 spiro atoms. The molecule has 0 fully saturated rings. The van der Waals surface area contributed by atoms with Crippen LogP contribution in [0.25, 0.3) is 10.2 Å². The smallest absolute Gasteiger partial charge is 0.152 e. The molecule has 0 radical (unpaired) electrons. The first kappa shape index (κ1) is 12.2. The van der Waals surface area contributed by atoms with Crippen LogP contribution in [0.3, 0.4) is 0 Å². The van der Waals surface area contributed by atoms with E-state index in [0.717, 1.165) is 35.6 Å². The SMILES string of the molecule is CCCN(C)Cc1nc(NN)c2ccsc2n1. The Kier molecular flexibility index (Phi) is 3.88. The van der Waals surface area contributed by atoms with E-state index in [-0.39, 0.29) is 0 Å². The van der Waals surface area contributed by atoms with Gasteiger partial charge in [0.15, 0.2) is 5.82 Å². The van der Waals surface area contributed by atoms with E-state index in [9.17, 15) is 0 Å². The summed E-state index contributed by atoms with van der Waals surface area (Å²) in [6.45, 7) is 3.94. The van der Waals surface area contributed by atoms with Crippen molar-refractivity contribution in [3.05, 3.63) is 17.3 Å². The number of nitrogen functional groups attached to an aromatic ring is 1. The normalized spacial score (nSPS) is 11.3. The highest BCUT2D eigenvalue weighted by molar-refractivity contribution is 7.16. The number of nitrogens with zero attached hydrogens (tertiary/aromatic N) is 3. The fraction of sp³-hybridized carbons (Fsp3) is 0.455. The summed E-state index contributed by atoms with van der Waals surface area (Å²) in [5.74, 6) is 7.00. The summed E-state index contributed by atoms with van der Waals surface area (Å²) in [6.07, 6.45) is 1.12. The average Bonchev–Trinajstić information content (AvgIpc) is 2.76. The molecule has 0 aliphatic heterocycles. The zero-order valence-corrected chi connectivity index (χ0v) is 10.9. The van der Waals surface area contributed by atoms with E-state index in [1.165, 1.54) is 0 Å². The average molecular weight is 251 g/mol. The first-order valence-corrected chi connectivity index (χ1v) is 6.51. The molecule has 2 rings (SSSR count). The first-order valence-electron chi connectivity index (χ1n) is 5.64. The van der Waals surface area contributed by atoms with Gasteiger partial charge in [-0.1, -0.05) is 6.92 Å². The number of rotatable bonds is 5. The number of anilines is 1. The largest absolute Gasteiger partial charge is 0.308 e. The van der Waals surface area contributed by atoms with Crippen molar-refractivity contribution in [1.29, 1.82) is 0 Å². The lowest BCUT2D eigenvalue weighted by molar-refractivity contribution is 0.319. The lowest BCUT2D eigenvalue weighted by atomic mass is 10.3. The van der Waals surface area contributed by atoms with Crippen LogP contribution in [0.2, 0.25) is 0 Å². The first-order chi connectivity index (χ1) is 8.24. The van der Waals surface area contributed by atoms with Crippen LogP contribution in [0.4, 0.5) is 5.82 Å². The highest BCUT2D eigenvalue weighted by atomic mass is 32.1. The van der Waals surface area contributed by atoms with Crippen molar-refractivity contribution in [1.82, 2.24) is 14.9 Å². The van der Waals surface area contributed by atoms with Gasteiger partial charge in [-0.2, -0.15) is 0 Å². The third-order valence-electron chi connectivity index (χ3n) is 2.52. The Morgan fingerprint density at radius 3 is 3.00 bits per heavy atom. The van der Waals surface area contributed by atoms with E-state index >= 15 is 0 Å². The monoisotopic (exact) mass is 251 g/mol. The van der Waals surface area contributed by atoms with Crippen LogP contribution >= 0.6 is 11.3 Å². The van der Waals surface area contributed by atoms with Crippen molar-refractivity contribution in [3.63, 3.8) is 0 Å². The van der Waals surface area contributed by atoms with Crippen molar-refractivity contribution < 1.29 is 0 Å². The number of nitrogens with two attached hydrogens (primary N) is 1. The third-order valence-corrected chi connectivity index (χ3v) is 3.33. The molecule has 2 aromatic rings. The zero-order chi connectivity index (χ0) is 12.3. The van der Waals surface area contributed by atoms with Crippen LogP contribution in [0.15, 0.2) is 11.4 Å². The van der Waals surface area contributed by atoms with E-state index in [1.54, 1.807) is 11.3 Å². The summed E-state index contributed by atoms with van der Waals surface area (Å²) in [4.78, 5) is 12.2. The predicted molar refractivity (Wildman–Crippen MR) is 71.9 cm³/mol. The minimum atomic E-state index is 0.705. The van der Waals surface area contributed by atoms with Crippen LogP contribution in [-0.2, 0) is 6.54 Å². The fourth-order valence-electron chi connectivity index (χ4n) is 1.78. The van der Waals surface area contributed by atoms with E-state index in [0.29, 0.717) is 5.82 Å². The Labute approximate surface area is 105 Å². The second-order valence-corrected chi connectivity index (χ2v) is 4.90. The molecule has 6 heteroatoms. The van der Waals surface area contributed by atoms with Crippen molar-refractivity contribution in [2.24, 2.45) is 5.84 Å². The van der Waals surface area contributed by atoms with Crippen LogP contribution in [0.5, 0.6) is 0 Å². The van der Waals surface area contributed by atoms with Crippen molar-refractivity contribution in [2.45, 2.75) is 19.9 Å². The summed E-state index contributed by atoms with van der Waals surface area (Å²) < 4.78 is 0.